The minimum Gasteiger partial charge on any atom is -0.386 e. The van der Waals surface area contributed by atoms with Crippen LogP contribution in [0.1, 0.15) is 19.4 Å². The molecule has 0 saturated heterocycles. The molecule has 0 atom stereocenters. The molecular weight excluding hydrogens is 293 g/mol. The maximum absolute atomic E-state index is 11.2. The monoisotopic (exact) mass is 305 g/mol. The second-order valence-corrected chi connectivity index (χ2v) is 5.11. The van der Waals surface area contributed by atoms with Crippen molar-refractivity contribution in [3.8, 4) is 0 Å². The van der Waals surface area contributed by atoms with E-state index in [4.69, 9.17) is 11.6 Å². The zero-order valence-electron chi connectivity index (χ0n) is 9.05. The summed E-state index contributed by atoms with van der Waals surface area (Å²) in [5, 5.41) is 12.6. The highest BCUT2D eigenvalue weighted by Gasteiger charge is 2.21. The Kier molecular flexibility index (Phi) is 4.35. The first-order valence-electron chi connectivity index (χ1n) is 4.73. The fourth-order valence-corrected chi connectivity index (χ4v) is 1.74. The Balaban J connectivity index is 3.13. The zero-order chi connectivity index (χ0) is 12.3. The van der Waals surface area contributed by atoms with Crippen molar-refractivity contribution in [2.24, 2.45) is 0 Å². The summed E-state index contributed by atoms with van der Waals surface area (Å²) in [5.74, 6) is -0.407. The number of nitrogens with one attached hydrogen (secondary N) is 1. The van der Waals surface area contributed by atoms with Crippen LogP contribution >= 0.6 is 27.5 Å². The summed E-state index contributed by atoms with van der Waals surface area (Å²) in [6.07, 6.45) is 0. The number of carbonyl (C=O) groups is 1. The van der Waals surface area contributed by atoms with E-state index in [1.807, 2.05) is 0 Å². The summed E-state index contributed by atoms with van der Waals surface area (Å²) in [7, 11) is 0. The first-order chi connectivity index (χ1) is 7.34. The lowest BCUT2D eigenvalue weighted by Gasteiger charge is -2.22. The van der Waals surface area contributed by atoms with E-state index in [1.165, 1.54) is 0 Å². The van der Waals surface area contributed by atoms with Crippen LogP contribution in [0.4, 0.5) is 5.69 Å². The second kappa shape index (κ2) is 5.17. The summed E-state index contributed by atoms with van der Waals surface area (Å²) in [5.41, 5.74) is 0.181. The summed E-state index contributed by atoms with van der Waals surface area (Å²) in [6, 6.07) is 5.28. The van der Waals surface area contributed by atoms with Crippen LogP contribution in [0, 0.1) is 0 Å². The number of carbonyl (C=O) groups excluding carboxylic acids is 1. The van der Waals surface area contributed by atoms with Crippen LogP contribution < -0.4 is 5.32 Å². The number of hydrogen-bond acceptors (Lipinski definition) is 2. The van der Waals surface area contributed by atoms with Gasteiger partial charge in [-0.1, -0.05) is 15.9 Å². The van der Waals surface area contributed by atoms with Crippen LogP contribution in [0.25, 0.3) is 0 Å². The quantitative estimate of drug-likeness (QED) is 0.844. The lowest BCUT2D eigenvalue weighted by molar-refractivity contribution is -0.113. The maximum atomic E-state index is 11.2. The topological polar surface area (TPSA) is 49.3 Å². The fourth-order valence-electron chi connectivity index (χ4n) is 1.32. The standard InChI is InChI=1S/C11H13BrClNO2/c1-11(2,16)8-5-7(12)3-4-9(8)14-10(15)6-13/h3-5,16H,6H2,1-2H3,(H,14,15). The van der Waals surface area contributed by atoms with E-state index in [-0.39, 0.29) is 11.8 Å². The van der Waals surface area contributed by atoms with Crippen LogP contribution in [0.3, 0.4) is 0 Å². The van der Waals surface area contributed by atoms with Crippen LogP contribution in [0.15, 0.2) is 22.7 Å². The molecule has 0 radical (unpaired) electrons. The minimum atomic E-state index is -1.03. The smallest absolute Gasteiger partial charge is 0.239 e. The van der Waals surface area contributed by atoms with Gasteiger partial charge in [-0.05, 0) is 32.0 Å². The third-order valence-corrected chi connectivity index (χ3v) is 2.77. The van der Waals surface area contributed by atoms with E-state index in [0.717, 1.165) is 4.47 Å². The van der Waals surface area contributed by atoms with Crippen molar-refractivity contribution in [3.63, 3.8) is 0 Å². The number of rotatable bonds is 3. The summed E-state index contributed by atoms with van der Waals surface area (Å²) < 4.78 is 0.841. The second-order valence-electron chi connectivity index (χ2n) is 3.93. The molecule has 0 unspecified atom stereocenters. The predicted octanol–water partition coefficient (Wildman–Crippen LogP) is 2.85. The molecule has 0 fully saturated rings. The Labute approximate surface area is 108 Å². The van der Waals surface area contributed by atoms with Gasteiger partial charge in [-0.2, -0.15) is 0 Å². The van der Waals surface area contributed by atoms with Crippen molar-refractivity contribution in [2.75, 3.05) is 11.2 Å². The van der Waals surface area contributed by atoms with Gasteiger partial charge in [0.2, 0.25) is 5.91 Å². The van der Waals surface area contributed by atoms with E-state index >= 15 is 0 Å². The first kappa shape index (κ1) is 13.5. The Hall–Kier alpha value is -0.580. The SMILES string of the molecule is CC(C)(O)c1cc(Br)ccc1NC(=O)CCl. The highest BCUT2D eigenvalue weighted by Crippen LogP contribution is 2.30. The van der Waals surface area contributed by atoms with Gasteiger partial charge in [-0.25, -0.2) is 0 Å². The normalized spacial score (nSPS) is 11.3. The van der Waals surface area contributed by atoms with E-state index in [0.29, 0.717) is 11.3 Å². The van der Waals surface area contributed by atoms with Gasteiger partial charge < -0.3 is 10.4 Å². The van der Waals surface area contributed by atoms with Gasteiger partial charge in [0.25, 0.3) is 0 Å². The highest BCUT2D eigenvalue weighted by molar-refractivity contribution is 9.10. The summed E-state index contributed by atoms with van der Waals surface area (Å²) in [6.45, 7) is 3.32. The van der Waals surface area contributed by atoms with Crippen LogP contribution in [-0.2, 0) is 10.4 Å². The molecule has 1 rings (SSSR count). The molecule has 0 aliphatic carbocycles. The number of alkyl halides is 1. The molecule has 1 amide bonds. The fraction of sp³-hybridized carbons (Fsp3) is 0.364. The molecule has 5 heteroatoms. The van der Waals surface area contributed by atoms with Gasteiger partial charge in [0.05, 0.1) is 5.60 Å². The summed E-state index contributed by atoms with van der Waals surface area (Å²) >= 11 is 8.74. The van der Waals surface area contributed by atoms with E-state index in [1.54, 1.807) is 32.0 Å². The van der Waals surface area contributed by atoms with Crippen molar-refractivity contribution in [1.82, 2.24) is 0 Å². The van der Waals surface area contributed by atoms with Crippen molar-refractivity contribution in [2.45, 2.75) is 19.4 Å². The molecular formula is C11H13BrClNO2. The van der Waals surface area contributed by atoms with Gasteiger partial charge in [-0.3, -0.25) is 4.79 Å². The number of benzene rings is 1. The lowest BCUT2D eigenvalue weighted by Crippen LogP contribution is -2.21. The largest absolute Gasteiger partial charge is 0.386 e. The van der Waals surface area contributed by atoms with Crippen LogP contribution in [0.5, 0.6) is 0 Å². The van der Waals surface area contributed by atoms with E-state index in [2.05, 4.69) is 21.2 Å². The van der Waals surface area contributed by atoms with Gasteiger partial charge in [0.1, 0.15) is 5.88 Å². The van der Waals surface area contributed by atoms with Crippen LogP contribution in [0.2, 0.25) is 0 Å². The maximum Gasteiger partial charge on any atom is 0.239 e. The van der Waals surface area contributed by atoms with Crippen molar-refractivity contribution >= 4 is 39.1 Å². The molecule has 0 aromatic heterocycles. The molecule has 0 aliphatic rings. The number of halogens is 2. The number of amides is 1. The molecule has 16 heavy (non-hydrogen) atoms. The molecule has 0 spiro atoms. The van der Waals surface area contributed by atoms with Gasteiger partial charge in [0.15, 0.2) is 0 Å². The van der Waals surface area contributed by atoms with Crippen LogP contribution in [-0.4, -0.2) is 16.9 Å². The zero-order valence-corrected chi connectivity index (χ0v) is 11.4. The van der Waals surface area contributed by atoms with Gasteiger partial charge in [-0.15, -0.1) is 11.6 Å². The van der Waals surface area contributed by atoms with Gasteiger partial charge >= 0.3 is 0 Å². The molecule has 3 nitrogen and oxygen atoms in total. The Morgan fingerprint density at radius 3 is 2.69 bits per heavy atom. The average molecular weight is 307 g/mol. The predicted molar refractivity (Wildman–Crippen MR) is 68.7 cm³/mol. The minimum absolute atomic E-state index is 0.110. The molecule has 88 valence electrons. The third kappa shape index (κ3) is 3.47. The Morgan fingerprint density at radius 1 is 1.56 bits per heavy atom. The van der Waals surface area contributed by atoms with Crippen molar-refractivity contribution in [1.29, 1.82) is 0 Å². The number of hydrogen-bond donors (Lipinski definition) is 2. The first-order valence-corrected chi connectivity index (χ1v) is 6.05. The third-order valence-electron chi connectivity index (χ3n) is 2.04. The van der Waals surface area contributed by atoms with E-state index < -0.39 is 5.60 Å². The lowest BCUT2D eigenvalue weighted by atomic mass is 9.96. The van der Waals surface area contributed by atoms with Gasteiger partial charge in [0, 0.05) is 15.7 Å². The highest BCUT2D eigenvalue weighted by atomic mass is 79.9. The molecule has 0 aliphatic heterocycles. The average Bonchev–Trinajstić information content (AvgIpc) is 2.19. The molecule has 0 saturated carbocycles. The molecule has 2 N–H and O–H groups in total. The number of anilines is 1. The Bertz CT molecular complexity index is 401. The van der Waals surface area contributed by atoms with Crippen molar-refractivity contribution in [3.05, 3.63) is 28.2 Å². The molecule has 0 heterocycles. The molecule has 1 aromatic rings. The summed E-state index contributed by atoms with van der Waals surface area (Å²) in [4.78, 5) is 11.2. The number of aliphatic hydroxyl groups is 1. The molecule has 0 bridgehead atoms. The van der Waals surface area contributed by atoms with Crippen molar-refractivity contribution < 1.29 is 9.90 Å². The molecule has 1 aromatic carbocycles. The van der Waals surface area contributed by atoms with E-state index in [9.17, 15) is 9.90 Å². The Morgan fingerprint density at radius 2 is 2.19 bits per heavy atom.